The van der Waals surface area contributed by atoms with Crippen molar-refractivity contribution in [3.05, 3.63) is 95.2 Å². The maximum Gasteiger partial charge on any atom is 0.251 e. The molecule has 0 aliphatic carbocycles. The van der Waals surface area contributed by atoms with Crippen LogP contribution < -0.4 is 10.1 Å². The van der Waals surface area contributed by atoms with Crippen molar-refractivity contribution in [2.24, 2.45) is 0 Å². The van der Waals surface area contributed by atoms with Crippen LogP contribution in [0.3, 0.4) is 0 Å². The smallest absolute Gasteiger partial charge is 0.251 e. The molecule has 1 N–H and O–H groups in total. The van der Waals surface area contributed by atoms with Gasteiger partial charge in [0.15, 0.2) is 5.78 Å². The van der Waals surface area contributed by atoms with Crippen molar-refractivity contribution < 1.29 is 14.3 Å². The Balaban J connectivity index is 1.74. The maximum atomic E-state index is 12.5. The van der Waals surface area contributed by atoms with Crippen molar-refractivity contribution in [3.8, 4) is 5.88 Å². The Morgan fingerprint density at radius 2 is 1.59 bits per heavy atom. The number of hydrogen-bond acceptors (Lipinski definition) is 4. The summed E-state index contributed by atoms with van der Waals surface area (Å²) in [5.74, 6) is -0.00168. The average molecular weight is 360 g/mol. The van der Waals surface area contributed by atoms with Gasteiger partial charge >= 0.3 is 0 Å². The molecule has 0 spiro atoms. The predicted molar refractivity (Wildman–Crippen MR) is 103 cm³/mol. The Morgan fingerprint density at radius 1 is 0.926 bits per heavy atom. The maximum absolute atomic E-state index is 12.5. The Morgan fingerprint density at radius 3 is 2.26 bits per heavy atom. The monoisotopic (exact) mass is 360 g/mol. The van der Waals surface area contributed by atoms with Gasteiger partial charge in [-0.15, -0.1) is 0 Å². The predicted octanol–water partition coefficient (Wildman–Crippen LogP) is 3.45. The van der Waals surface area contributed by atoms with Crippen molar-refractivity contribution in [2.45, 2.75) is 13.0 Å². The number of Topliss-reactive ketones (excluding diaryl/α,β-unsaturated/α-hetero) is 1. The summed E-state index contributed by atoms with van der Waals surface area (Å²) in [6.45, 7) is 0.419. The molecule has 0 atom stereocenters. The molecule has 5 nitrogen and oxygen atoms in total. The lowest BCUT2D eigenvalue weighted by molar-refractivity contribution is 0.0947. The molecule has 5 heteroatoms. The number of nitrogens with zero attached hydrogens (tertiary/aromatic N) is 1. The van der Waals surface area contributed by atoms with E-state index in [1.807, 2.05) is 48.5 Å². The summed E-state index contributed by atoms with van der Waals surface area (Å²) in [5, 5.41) is 2.87. The van der Waals surface area contributed by atoms with Crippen molar-refractivity contribution in [1.29, 1.82) is 0 Å². The minimum atomic E-state index is -0.243. The first-order valence-electron chi connectivity index (χ1n) is 8.61. The highest BCUT2D eigenvalue weighted by molar-refractivity contribution is 5.98. The van der Waals surface area contributed by atoms with Crippen LogP contribution in [-0.4, -0.2) is 23.8 Å². The highest BCUT2D eigenvalue weighted by atomic mass is 16.5. The molecule has 1 amide bonds. The zero-order valence-electron chi connectivity index (χ0n) is 15.0. The number of methoxy groups -OCH3 is 1. The minimum absolute atomic E-state index is 0.0630. The van der Waals surface area contributed by atoms with Crippen LogP contribution in [0, 0.1) is 0 Å². The normalized spacial score (nSPS) is 10.3. The van der Waals surface area contributed by atoms with Crippen LogP contribution in [0.2, 0.25) is 0 Å². The molecule has 0 radical (unpaired) electrons. The molecule has 0 unspecified atom stereocenters. The van der Waals surface area contributed by atoms with Gasteiger partial charge in [0, 0.05) is 23.7 Å². The molecule has 3 aromatic rings. The largest absolute Gasteiger partial charge is 0.481 e. The zero-order chi connectivity index (χ0) is 19.1. The Bertz CT molecular complexity index is 925. The summed E-state index contributed by atoms with van der Waals surface area (Å²) in [6, 6.07) is 21.9. The minimum Gasteiger partial charge on any atom is -0.481 e. The number of hydrogen-bond donors (Lipinski definition) is 1. The first-order valence-corrected chi connectivity index (χ1v) is 8.61. The summed E-state index contributed by atoms with van der Waals surface area (Å²) in [6.07, 6.45) is 0.0974. The van der Waals surface area contributed by atoms with Gasteiger partial charge in [0.1, 0.15) is 0 Å². The van der Waals surface area contributed by atoms with Gasteiger partial charge in [0.2, 0.25) is 5.88 Å². The molecule has 0 saturated carbocycles. The Kier molecular flexibility index (Phi) is 5.94. The topological polar surface area (TPSA) is 68.3 Å². The summed E-state index contributed by atoms with van der Waals surface area (Å²) in [4.78, 5) is 29.2. The lowest BCUT2D eigenvalue weighted by Gasteiger charge is -2.09. The molecule has 0 aliphatic rings. The molecule has 27 heavy (non-hydrogen) atoms. The number of ether oxygens (including phenoxy) is 1. The second-order valence-corrected chi connectivity index (χ2v) is 6.02. The van der Waals surface area contributed by atoms with Gasteiger partial charge in [-0.1, -0.05) is 60.7 Å². The molecule has 0 bridgehead atoms. The van der Waals surface area contributed by atoms with Crippen LogP contribution in [-0.2, 0) is 13.0 Å². The van der Waals surface area contributed by atoms with E-state index in [1.54, 1.807) is 24.3 Å². The number of rotatable bonds is 7. The molecule has 0 fully saturated rings. The first kappa shape index (κ1) is 18.3. The first-order chi connectivity index (χ1) is 13.2. The molecular weight excluding hydrogens is 340 g/mol. The lowest BCUT2D eigenvalue weighted by Crippen LogP contribution is -2.23. The molecule has 2 aromatic carbocycles. The van der Waals surface area contributed by atoms with E-state index in [-0.39, 0.29) is 18.1 Å². The van der Waals surface area contributed by atoms with Crippen LogP contribution in [0.1, 0.15) is 32.0 Å². The number of pyridine rings is 1. The number of benzene rings is 2. The third kappa shape index (κ3) is 5.01. The van der Waals surface area contributed by atoms with Crippen molar-refractivity contribution >= 4 is 11.7 Å². The van der Waals surface area contributed by atoms with Crippen LogP contribution in [0.5, 0.6) is 5.88 Å². The van der Waals surface area contributed by atoms with Crippen LogP contribution in [0.25, 0.3) is 0 Å². The lowest BCUT2D eigenvalue weighted by atomic mass is 10.1. The highest BCUT2D eigenvalue weighted by Crippen LogP contribution is 2.15. The third-order valence-corrected chi connectivity index (χ3v) is 4.06. The number of carbonyl (C=O) groups excluding carboxylic acids is 2. The standard InChI is InChI=1S/C22H20N2O3/c1-27-21-13-18(22(26)23-15-16-8-4-2-5-9-16)12-19(24-21)14-20(25)17-10-6-3-7-11-17/h2-13H,14-15H2,1H3,(H,23,26). The molecular formula is C22H20N2O3. The van der Waals surface area contributed by atoms with Crippen LogP contribution in [0.4, 0.5) is 0 Å². The number of nitrogens with one attached hydrogen (secondary N) is 1. The molecule has 3 rings (SSSR count). The van der Waals surface area contributed by atoms with Gasteiger partial charge in [-0.25, -0.2) is 4.98 Å². The van der Waals surface area contributed by atoms with E-state index in [1.165, 1.54) is 7.11 Å². The summed E-state index contributed by atoms with van der Waals surface area (Å²) < 4.78 is 5.19. The van der Waals surface area contributed by atoms with E-state index in [0.717, 1.165) is 5.56 Å². The van der Waals surface area contributed by atoms with Crippen molar-refractivity contribution in [2.75, 3.05) is 7.11 Å². The van der Waals surface area contributed by atoms with Crippen LogP contribution >= 0.6 is 0 Å². The van der Waals surface area contributed by atoms with Gasteiger partial charge in [-0.05, 0) is 11.6 Å². The fourth-order valence-corrected chi connectivity index (χ4v) is 2.66. The van der Waals surface area contributed by atoms with Gasteiger partial charge in [-0.2, -0.15) is 0 Å². The summed E-state index contributed by atoms with van der Waals surface area (Å²) in [7, 11) is 1.48. The van der Waals surface area contributed by atoms with E-state index in [0.29, 0.717) is 29.2 Å². The zero-order valence-corrected chi connectivity index (χ0v) is 15.0. The molecule has 0 aliphatic heterocycles. The number of amides is 1. The van der Waals surface area contributed by atoms with Gasteiger partial charge in [-0.3, -0.25) is 9.59 Å². The van der Waals surface area contributed by atoms with E-state index in [2.05, 4.69) is 10.3 Å². The second kappa shape index (κ2) is 8.76. The van der Waals surface area contributed by atoms with E-state index in [9.17, 15) is 9.59 Å². The van der Waals surface area contributed by atoms with E-state index >= 15 is 0 Å². The van der Waals surface area contributed by atoms with E-state index < -0.39 is 0 Å². The third-order valence-electron chi connectivity index (χ3n) is 4.06. The second-order valence-electron chi connectivity index (χ2n) is 6.02. The van der Waals surface area contributed by atoms with Gasteiger partial charge in [0.05, 0.1) is 19.2 Å². The van der Waals surface area contributed by atoms with Crippen LogP contribution in [0.15, 0.2) is 72.8 Å². The number of aromatic nitrogens is 1. The highest BCUT2D eigenvalue weighted by Gasteiger charge is 2.14. The average Bonchev–Trinajstić information content (AvgIpc) is 2.73. The molecule has 136 valence electrons. The fourth-order valence-electron chi connectivity index (χ4n) is 2.66. The van der Waals surface area contributed by atoms with Crippen molar-refractivity contribution in [1.82, 2.24) is 10.3 Å². The van der Waals surface area contributed by atoms with Crippen molar-refractivity contribution in [3.63, 3.8) is 0 Å². The molecule has 1 aromatic heterocycles. The fraction of sp³-hybridized carbons (Fsp3) is 0.136. The SMILES string of the molecule is COc1cc(C(=O)NCc2ccccc2)cc(CC(=O)c2ccccc2)n1. The summed E-state index contributed by atoms with van der Waals surface area (Å²) >= 11 is 0. The molecule has 0 saturated heterocycles. The number of ketones is 1. The Labute approximate surface area is 158 Å². The van der Waals surface area contributed by atoms with E-state index in [4.69, 9.17) is 4.74 Å². The van der Waals surface area contributed by atoms with Gasteiger partial charge in [0.25, 0.3) is 5.91 Å². The van der Waals surface area contributed by atoms with Gasteiger partial charge < -0.3 is 10.1 Å². The molecule has 1 heterocycles. The quantitative estimate of drug-likeness (QED) is 0.655. The number of carbonyl (C=O) groups is 2. The summed E-state index contributed by atoms with van der Waals surface area (Å²) in [5.41, 5.74) is 2.52. The Hall–Kier alpha value is -3.47.